The molecule has 0 unspecified atom stereocenters. The first-order valence-electron chi connectivity index (χ1n) is 5.80. The number of nitrogens with zero attached hydrogens (tertiary/aromatic N) is 2. The van der Waals surface area contributed by atoms with Gasteiger partial charge < -0.3 is 0 Å². The van der Waals surface area contributed by atoms with E-state index >= 15 is 0 Å². The van der Waals surface area contributed by atoms with Gasteiger partial charge in [-0.3, -0.25) is 9.98 Å². The van der Waals surface area contributed by atoms with Crippen LogP contribution in [0.3, 0.4) is 0 Å². The molecular weight excluding hydrogens is 208 g/mol. The first-order chi connectivity index (χ1) is 8.40. The Labute approximate surface area is 102 Å². The lowest BCUT2D eigenvalue weighted by atomic mass is 10.0. The van der Waals surface area contributed by atoms with Crippen molar-refractivity contribution in [3.05, 3.63) is 65.5 Å². The molecule has 0 saturated carbocycles. The molecule has 0 N–H and O–H groups in total. The summed E-state index contributed by atoms with van der Waals surface area (Å²) in [5.74, 6) is 0. The summed E-state index contributed by atoms with van der Waals surface area (Å²) in [6.45, 7) is 0. The van der Waals surface area contributed by atoms with Gasteiger partial charge in [0.2, 0.25) is 0 Å². The van der Waals surface area contributed by atoms with Crippen LogP contribution < -0.4 is 0 Å². The highest BCUT2D eigenvalue weighted by Gasteiger charge is 2.01. The summed E-state index contributed by atoms with van der Waals surface area (Å²) < 4.78 is 0. The Morgan fingerprint density at radius 1 is 1.06 bits per heavy atom. The minimum Gasteiger partial charge on any atom is -0.294 e. The van der Waals surface area contributed by atoms with Gasteiger partial charge in [-0.25, -0.2) is 0 Å². The zero-order chi connectivity index (χ0) is 11.9. The largest absolute Gasteiger partial charge is 0.294 e. The third kappa shape index (κ3) is 3.25. The first kappa shape index (κ1) is 11.5. The Bertz CT molecular complexity index is 489. The van der Waals surface area contributed by atoms with E-state index < -0.39 is 0 Å². The van der Waals surface area contributed by atoms with Crippen LogP contribution >= 0.6 is 0 Å². The van der Waals surface area contributed by atoms with Crippen LogP contribution in [0.15, 0.2) is 53.7 Å². The first-order valence-corrected chi connectivity index (χ1v) is 5.80. The van der Waals surface area contributed by atoms with Crippen molar-refractivity contribution in [3.8, 4) is 0 Å². The number of pyridine rings is 1. The molecule has 17 heavy (non-hydrogen) atoms. The monoisotopic (exact) mass is 224 g/mol. The van der Waals surface area contributed by atoms with Crippen LogP contribution in [-0.2, 0) is 12.8 Å². The highest BCUT2D eigenvalue weighted by Crippen LogP contribution is 2.09. The lowest BCUT2D eigenvalue weighted by Gasteiger charge is -2.04. The molecule has 2 aromatic rings. The molecule has 0 aliphatic carbocycles. The second-order valence-electron chi connectivity index (χ2n) is 3.92. The van der Waals surface area contributed by atoms with Gasteiger partial charge in [-0.05, 0) is 30.0 Å². The Kier molecular flexibility index (Phi) is 4.03. The van der Waals surface area contributed by atoms with Gasteiger partial charge in [0.25, 0.3) is 0 Å². The number of aliphatic imine (C=N–C) groups is 1. The Hall–Kier alpha value is -1.96. The van der Waals surface area contributed by atoms with Gasteiger partial charge in [-0.2, -0.15) is 0 Å². The average Bonchev–Trinajstić information content (AvgIpc) is 2.39. The third-order valence-corrected chi connectivity index (χ3v) is 2.70. The molecule has 0 saturated heterocycles. The molecule has 0 fully saturated rings. The number of aromatic nitrogens is 1. The zero-order valence-corrected chi connectivity index (χ0v) is 10.0. The molecule has 0 spiro atoms. The van der Waals surface area contributed by atoms with E-state index in [0.29, 0.717) is 0 Å². The van der Waals surface area contributed by atoms with Crippen LogP contribution in [0.4, 0.5) is 0 Å². The SMILES string of the molecule is CN=Cc1ncccc1CCc1ccccc1. The van der Waals surface area contributed by atoms with E-state index in [1.165, 1.54) is 11.1 Å². The number of rotatable bonds is 4. The Morgan fingerprint density at radius 3 is 2.65 bits per heavy atom. The minimum atomic E-state index is 0.978. The Morgan fingerprint density at radius 2 is 1.88 bits per heavy atom. The summed E-state index contributed by atoms with van der Waals surface area (Å²) in [5.41, 5.74) is 3.59. The molecule has 2 rings (SSSR count). The summed E-state index contributed by atoms with van der Waals surface area (Å²) in [7, 11) is 1.77. The van der Waals surface area contributed by atoms with Gasteiger partial charge in [-0.1, -0.05) is 36.4 Å². The van der Waals surface area contributed by atoms with E-state index in [4.69, 9.17) is 0 Å². The van der Waals surface area contributed by atoms with Crippen LogP contribution in [-0.4, -0.2) is 18.2 Å². The van der Waals surface area contributed by atoms with Crippen LogP contribution in [0.25, 0.3) is 0 Å². The molecule has 0 amide bonds. The quantitative estimate of drug-likeness (QED) is 0.733. The van der Waals surface area contributed by atoms with E-state index in [9.17, 15) is 0 Å². The lowest BCUT2D eigenvalue weighted by molar-refractivity contribution is 0.946. The third-order valence-electron chi connectivity index (χ3n) is 2.70. The van der Waals surface area contributed by atoms with E-state index in [1.54, 1.807) is 7.05 Å². The van der Waals surface area contributed by atoms with E-state index in [0.717, 1.165) is 18.5 Å². The number of aryl methyl sites for hydroxylation is 2. The van der Waals surface area contributed by atoms with E-state index in [2.05, 4.69) is 40.3 Å². The van der Waals surface area contributed by atoms with Crippen molar-refractivity contribution in [3.63, 3.8) is 0 Å². The zero-order valence-electron chi connectivity index (χ0n) is 10.0. The van der Waals surface area contributed by atoms with Crippen molar-refractivity contribution >= 4 is 6.21 Å². The highest BCUT2D eigenvalue weighted by molar-refractivity contribution is 5.78. The second kappa shape index (κ2) is 5.94. The van der Waals surface area contributed by atoms with Gasteiger partial charge in [0.15, 0.2) is 0 Å². The summed E-state index contributed by atoms with van der Waals surface area (Å²) in [4.78, 5) is 8.37. The molecule has 0 bridgehead atoms. The van der Waals surface area contributed by atoms with Crippen molar-refractivity contribution in [1.29, 1.82) is 0 Å². The molecule has 0 aliphatic rings. The smallest absolute Gasteiger partial charge is 0.0839 e. The van der Waals surface area contributed by atoms with Gasteiger partial charge >= 0.3 is 0 Å². The molecule has 1 aromatic heterocycles. The van der Waals surface area contributed by atoms with E-state index in [1.807, 2.05) is 24.5 Å². The molecule has 2 nitrogen and oxygen atoms in total. The van der Waals surface area contributed by atoms with Crippen molar-refractivity contribution in [2.75, 3.05) is 7.05 Å². The molecule has 1 aromatic carbocycles. The number of hydrogen-bond acceptors (Lipinski definition) is 2. The minimum absolute atomic E-state index is 0.978. The molecular formula is C15H16N2. The molecule has 1 heterocycles. The van der Waals surface area contributed by atoms with Gasteiger partial charge in [-0.15, -0.1) is 0 Å². The second-order valence-corrected chi connectivity index (χ2v) is 3.92. The fourth-order valence-corrected chi connectivity index (χ4v) is 1.82. The fraction of sp³-hybridized carbons (Fsp3) is 0.200. The summed E-state index contributed by atoms with van der Waals surface area (Å²) in [6, 6.07) is 14.6. The highest BCUT2D eigenvalue weighted by atomic mass is 14.7. The van der Waals surface area contributed by atoms with Gasteiger partial charge in [0, 0.05) is 19.5 Å². The van der Waals surface area contributed by atoms with E-state index in [-0.39, 0.29) is 0 Å². The predicted molar refractivity (Wildman–Crippen MR) is 71.6 cm³/mol. The normalized spacial score (nSPS) is 10.9. The molecule has 0 aliphatic heterocycles. The lowest BCUT2D eigenvalue weighted by Crippen LogP contribution is -1.98. The summed E-state index contributed by atoms with van der Waals surface area (Å²) >= 11 is 0. The maximum Gasteiger partial charge on any atom is 0.0839 e. The number of benzene rings is 1. The van der Waals surface area contributed by atoms with Gasteiger partial charge in [0.05, 0.1) is 5.69 Å². The number of hydrogen-bond donors (Lipinski definition) is 0. The van der Waals surface area contributed by atoms with Crippen molar-refractivity contribution < 1.29 is 0 Å². The van der Waals surface area contributed by atoms with Crippen LogP contribution in [0, 0.1) is 0 Å². The fourth-order valence-electron chi connectivity index (χ4n) is 1.82. The van der Waals surface area contributed by atoms with Crippen molar-refractivity contribution in [2.45, 2.75) is 12.8 Å². The average molecular weight is 224 g/mol. The predicted octanol–water partition coefficient (Wildman–Crippen LogP) is 2.92. The van der Waals surface area contributed by atoms with Crippen molar-refractivity contribution in [2.24, 2.45) is 4.99 Å². The molecule has 86 valence electrons. The molecule has 0 atom stereocenters. The molecule has 2 heteroatoms. The van der Waals surface area contributed by atoms with Gasteiger partial charge in [0.1, 0.15) is 0 Å². The molecule has 0 radical (unpaired) electrons. The summed E-state index contributed by atoms with van der Waals surface area (Å²) in [6.07, 6.45) is 5.67. The van der Waals surface area contributed by atoms with Crippen LogP contribution in [0.2, 0.25) is 0 Å². The van der Waals surface area contributed by atoms with Crippen LogP contribution in [0.1, 0.15) is 16.8 Å². The maximum atomic E-state index is 4.33. The standard InChI is InChI=1S/C15H16N2/c1-16-12-15-14(8-5-11-17-15)10-9-13-6-3-2-4-7-13/h2-8,11-12H,9-10H2,1H3. The Balaban J connectivity index is 2.09. The maximum absolute atomic E-state index is 4.33. The summed E-state index contributed by atoms with van der Waals surface area (Å²) in [5, 5.41) is 0. The topological polar surface area (TPSA) is 25.2 Å². The van der Waals surface area contributed by atoms with Crippen molar-refractivity contribution in [1.82, 2.24) is 4.98 Å². The van der Waals surface area contributed by atoms with Crippen LogP contribution in [0.5, 0.6) is 0 Å².